The van der Waals surface area contributed by atoms with Crippen molar-refractivity contribution < 1.29 is 4.79 Å². The molecule has 2 aromatic rings. The lowest BCUT2D eigenvalue weighted by Gasteiger charge is -2.05. The van der Waals surface area contributed by atoms with Gasteiger partial charge in [0.05, 0.1) is 17.1 Å². The van der Waals surface area contributed by atoms with Gasteiger partial charge in [0.25, 0.3) is 0 Å². The summed E-state index contributed by atoms with van der Waals surface area (Å²) < 4.78 is 1.49. The molecule has 0 saturated heterocycles. The number of para-hydroxylation sites is 2. The number of nitrogens with zero attached hydrogens (tertiary/aromatic N) is 2. The summed E-state index contributed by atoms with van der Waals surface area (Å²) in [6.07, 6.45) is 1.51. The Morgan fingerprint density at radius 1 is 1.50 bits per heavy atom. The molecule has 0 radical (unpaired) electrons. The number of rotatable bonds is 1. The fraction of sp³-hybridized carbons (Fsp3) is 0.200. The summed E-state index contributed by atoms with van der Waals surface area (Å²) in [5, 5.41) is 0. The second kappa shape index (κ2) is 3.23. The number of carbonyl (C=O) groups excluding carboxylic acids is 1. The molecule has 72 valence electrons. The molecule has 1 heterocycles. The van der Waals surface area contributed by atoms with Gasteiger partial charge in [-0.1, -0.05) is 12.1 Å². The lowest BCUT2D eigenvalue weighted by Crippen LogP contribution is -2.31. The van der Waals surface area contributed by atoms with E-state index in [4.69, 9.17) is 5.73 Å². The zero-order valence-corrected chi connectivity index (χ0v) is 7.84. The molecule has 0 saturated carbocycles. The molecule has 1 unspecified atom stereocenters. The van der Waals surface area contributed by atoms with Crippen molar-refractivity contribution in [3.63, 3.8) is 0 Å². The zero-order chi connectivity index (χ0) is 10.1. The quantitative estimate of drug-likeness (QED) is 0.728. The number of hydrogen-bond donors (Lipinski definition) is 1. The summed E-state index contributed by atoms with van der Waals surface area (Å²) >= 11 is 0. The molecular weight excluding hydrogens is 178 g/mol. The molecular formula is C10H11N3O. The Labute approximate surface area is 81.3 Å². The fourth-order valence-corrected chi connectivity index (χ4v) is 1.35. The molecule has 4 nitrogen and oxygen atoms in total. The average Bonchev–Trinajstić information content (AvgIpc) is 2.60. The number of aromatic nitrogens is 2. The molecule has 0 fully saturated rings. The van der Waals surface area contributed by atoms with Crippen molar-refractivity contribution in [1.82, 2.24) is 9.55 Å². The van der Waals surface area contributed by atoms with Crippen molar-refractivity contribution in [1.29, 1.82) is 0 Å². The van der Waals surface area contributed by atoms with Crippen LogP contribution >= 0.6 is 0 Å². The summed E-state index contributed by atoms with van der Waals surface area (Å²) in [6.45, 7) is 1.66. The first-order valence-electron chi connectivity index (χ1n) is 4.42. The van der Waals surface area contributed by atoms with E-state index in [1.165, 1.54) is 10.9 Å². The molecule has 2 N–H and O–H groups in total. The van der Waals surface area contributed by atoms with Gasteiger partial charge in [0, 0.05) is 0 Å². The molecule has 0 aliphatic heterocycles. The van der Waals surface area contributed by atoms with Gasteiger partial charge in [-0.2, -0.15) is 0 Å². The second-order valence-corrected chi connectivity index (χ2v) is 3.23. The topological polar surface area (TPSA) is 60.9 Å². The van der Waals surface area contributed by atoms with Crippen molar-refractivity contribution in [3.05, 3.63) is 30.6 Å². The van der Waals surface area contributed by atoms with E-state index < -0.39 is 6.04 Å². The summed E-state index contributed by atoms with van der Waals surface area (Å²) in [5.74, 6) is -0.140. The predicted octanol–water partition coefficient (Wildman–Crippen LogP) is 1.02. The van der Waals surface area contributed by atoms with E-state index in [0.717, 1.165) is 11.0 Å². The Bertz CT molecular complexity index is 473. The minimum absolute atomic E-state index is 0.140. The number of nitrogens with two attached hydrogens (primary N) is 1. The fourth-order valence-electron chi connectivity index (χ4n) is 1.35. The Kier molecular flexibility index (Phi) is 2.05. The summed E-state index contributed by atoms with van der Waals surface area (Å²) in [5.41, 5.74) is 7.13. The first-order chi connectivity index (χ1) is 6.70. The highest BCUT2D eigenvalue weighted by atomic mass is 16.2. The molecule has 1 atom stereocenters. The first-order valence-corrected chi connectivity index (χ1v) is 4.42. The smallest absolute Gasteiger partial charge is 0.248 e. The maximum atomic E-state index is 11.6. The SMILES string of the molecule is CC(N)C(=O)n1cnc2ccccc21. The first kappa shape index (κ1) is 8.90. The number of benzene rings is 1. The van der Waals surface area contributed by atoms with E-state index in [1.54, 1.807) is 6.92 Å². The van der Waals surface area contributed by atoms with Gasteiger partial charge >= 0.3 is 0 Å². The van der Waals surface area contributed by atoms with Gasteiger partial charge in [-0.05, 0) is 19.1 Å². The van der Waals surface area contributed by atoms with E-state index in [9.17, 15) is 4.79 Å². The van der Waals surface area contributed by atoms with Gasteiger partial charge in [0.15, 0.2) is 0 Å². The maximum Gasteiger partial charge on any atom is 0.248 e. The van der Waals surface area contributed by atoms with Crippen LogP contribution in [0.2, 0.25) is 0 Å². The van der Waals surface area contributed by atoms with Crippen LogP contribution in [0, 0.1) is 0 Å². The molecule has 0 spiro atoms. The number of hydrogen-bond acceptors (Lipinski definition) is 3. The third-order valence-electron chi connectivity index (χ3n) is 2.08. The highest BCUT2D eigenvalue weighted by Crippen LogP contribution is 2.11. The molecule has 2 rings (SSSR count). The van der Waals surface area contributed by atoms with E-state index in [1.807, 2.05) is 24.3 Å². The maximum absolute atomic E-state index is 11.6. The van der Waals surface area contributed by atoms with Crippen molar-refractivity contribution in [3.8, 4) is 0 Å². The van der Waals surface area contributed by atoms with Crippen LogP contribution in [0.4, 0.5) is 0 Å². The molecule has 0 bridgehead atoms. The van der Waals surface area contributed by atoms with E-state index in [2.05, 4.69) is 4.98 Å². The standard InChI is InChI=1S/C10H11N3O/c1-7(11)10(14)13-6-12-8-4-2-3-5-9(8)13/h2-7H,11H2,1H3. The van der Waals surface area contributed by atoms with Gasteiger partial charge in [0.2, 0.25) is 5.91 Å². The van der Waals surface area contributed by atoms with Crippen LogP contribution < -0.4 is 5.73 Å². The molecule has 0 amide bonds. The van der Waals surface area contributed by atoms with Crippen LogP contribution in [0.1, 0.15) is 11.7 Å². The van der Waals surface area contributed by atoms with Gasteiger partial charge in [-0.25, -0.2) is 4.98 Å². The molecule has 0 aliphatic rings. The van der Waals surface area contributed by atoms with Crippen LogP contribution in [-0.2, 0) is 0 Å². The molecule has 1 aromatic heterocycles. The number of carbonyl (C=O) groups is 1. The highest BCUT2D eigenvalue weighted by molar-refractivity contribution is 5.92. The Hall–Kier alpha value is -1.68. The zero-order valence-electron chi connectivity index (χ0n) is 7.84. The van der Waals surface area contributed by atoms with Crippen LogP contribution in [-0.4, -0.2) is 21.5 Å². The van der Waals surface area contributed by atoms with E-state index in [0.29, 0.717) is 0 Å². The molecule has 1 aromatic carbocycles. The normalized spacial score (nSPS) is 13.0. The van der Waals surface area contributed by atoms with Crippen LogP contribution in [0.15, 0.2) is 30.6 Å². The predicted molar refractivity (Wildman–Crippen MR) is 54.0 cm³/mol. The van der Waals surface area contributed by atoms with Gasteiger partial charge in [0.1, 0.15) is 6.33 Å². The molecule has 14 heavy (non-hydrogen) atoms. The lowest BCUT2D eigenvalue weighted by molar-refractivity contribution is 0.0891. The largest absolute Gasteiger partial charge is 0.320 e. The molecule has 4 heteroatoms. The van der Waals surface area contributed by atoms with Crippen LogP contribution in [0.5, 0.6) is 0 Å². The Morgan fingerprint density at radius 3 is 2.93 bits per heavy atom. The lowest BCUT2D eigenvalue weighted by atomic mass is 10.3. The third kappa shape index (κ3) is 1.29. The molecule has 0 aliphatic carbocycles. The third-order valence-corrected chi connectivity index (χ3v) is 2.08. The van der Waals surface area contributed by atoms with Crippen molar-refractivity contribution >= 4 is 16.9 Å². The summed E-state index contributed by atoms with van der Waals surface area (Å²) in [4.78, 5) is 15.7. The van der Waals surface area contributed by atoms with Gasteiger partial charge < -0.3 is 5.73 Å². The van der Waals surface area contributed by atoms with Gasteiger partial charge in [-0.15, -0.1) is 0 Å². The number of fused-ring (bicyclic) bond motifs is 1. The minimum atomic E-state index is -0.507. The van der Waals surface area contributed by atoms with Crippen molar-refractivity contribution in [2.24, 2.45) is 5.73 Å². The Morgan fingerprint density at radius 2 is 2.21 bits per heavy atom. The summed E-state index contributed by atoms with van der Waals surface area (Å²) in [7, 11) is 0. The van der Waals surface area contributed by atoms with Gasteiger partial charge in [-0.3, -0.25) is 9.36 Å². The van der Waals surface area contributed by atoms with Crippen molar-refractivity contribution in [2.45, 2.75) is 13.0 Å². The van der Waals surface area contributed by atoms with Crippen LogP contribution in [0.25, 0.3) is 11.0 Å². The average molecular weight is 189 g/mol. The minimum Gasteiger partial charge on any atom is -0.320 e. The second-order valence-electron chi connectivity index (χ2n) is 3.23. The van der Waals surface area contributed by atoms with E-state index in [-0.39, 0.29) is 5.91 Å². The Balaban J connectivity index is 2.58. The van der Waals surface area contributed by atoms with Crippen LogP contribution in [0.3, 0.4) is 0 Å². The van der Waals surface area contributed by atoms with E-state index >= 15 is 0 Å². The monoisotopic (exact) mass is 189 g/mol. The highest BCUT2D eigenvalue weighted by Gasteiger charge is 2.12. The van der Waals surface area contributed by atoms with Crippen molar-refractivity contribution in [2.75, 3.05) is 0 Å². The summed E-state index contributed by atoms with van der Waals surface area (Å²) in [6, 6.07) is 6.96. The number of imidazole rings is 1.